The lowest BCUT2D eigenvalue weighted by Gasteiger charge is -2.30. The van der Waals surface area contributed by atoms with E-state index in [1.165, 1.54) is 11.1 Å². The molecule has 0 bridgehead atoms. The first kappa shape index (κ1) is 20.0. The van der Waals surface area contributed by atoms with Gasteiger partial charge in [-0.25, -0.2) is 9.36 Å². The molecule has 0 radical (unpaired) electrons. The Bertz CT molecular complexity index is 1140. The lowest BCUT2D eigenvalue weighted by molar-refractivity contribution is 0.268. The molecular weight excluding hydrogens is 390 g/mol. The summed E-state index contributed by atoms with van der Waals surface area (Å²) in [5.41, 5.74) is 4.54. The van der Waals surface area contributed by atoms with Crippen molar-refractivity contribution in [1.82, 2.24) is 24.9 Å². The minimum Gasteiger partial charge on any atom is -0.493 e. The van der Waals surface area contributed by atoms with Gasteiger partial charge in [0.1, 0.15) is 5.75 Å². The van der Waals surface area contributed by atoms with Gasteiger partial charge in [0.25, 0.3) is 5.56 Å². The van der Waals surface area contributed by atoms with Crippen molar-refractivity contribution in [3.63, 3.8) is 0 Å². The Morgan fingerprint density at radius 3 is 2.68 bits per heavy atom. The molecule has 7 nitrogen and oxygen atoms in total. The maximum Gasteiger partial charge on any atom is 0.267 e. The molecule has 1 aliphatic carbocycles. The van der Waals surface area contributed by atoms with E-state index in [0.717, 1.165) is 62.4 Å². The molecule has 2 aliphatic rings. The van der Waals surface area contributed by atoms with Crippen LogP contribution in [-0.4, -0.2) is 32.2 Å². The number of nitrogens with one attached hydrogen (secondary N) is 1. The number of aromatic nitrogens is 4. The Labute approximate surface area is 182 Å². The summed E-state index contributed by atoms with van der Waals surface area (Å²) in [6.07, 6.45) is 4.98. The fraction of sp³-hybridized carbons (Fsp3) is 0.458. The van der Waals surface area contributed by atoms with Gasteiger partial charge in [0.05, 0.1) is 18.3 Å². The van der Waals surface area contributed by atoms with Gasteiger partial charge in [-0.15, -0.1) is 5.10 Å². The Kier molecular flexibility index (Phi) is 5.36. The molecule has 5 rings (SSSR count). The summed E-state index contributed by atoms with van der Waals surface area (Å²) in [5.74, 6) is 1.73. The fourth-order valence-corrected chi connectivity index (χ4v) is 4.79. The molecule has 1 saturated carbocycles. The van der Waals surface area contributed by atoms with Gasteiger partial charge in [0, 0.05) is 30.8 Å². The molecule has 1 aliphatic heterocycles. The van der Waals surface area contributed by atoms with E-state index in [0.29, 0.717) is 11.9 Å². The summed E-state index contributed by atoms with van der Waals surface area (Å²) in [5, 5.41) is 12.9. The van der Waals surface area contributed by atoms with Crippen molar-refractivity contribution in [3.8, 4) is 11.6 Å². The first-order valence-electron chi connectivity index (χ1n) is 11.2. The molecular formula is C24H29N5O2. The summed E-state index contributed by atoms with van der Waals surface area (Å²) in [6.45, 7) is 5.63. The highest BCUT2D eigenvalue weighted by Crippen LogP contribution is 2.28. The molecule has 0 saturated heterocycles. The van der Waals surface area contributed by atoms with Crippen LogP contribution in [0, 0.1) is 13.8 Å². The Morgan fingerprint density at radius 2 is 1.90 bits per heavy atom. The third kappa shape index (κ3) is 4.14. The lowest BCUT2D eigenvalue weighted by atomic mass is 9.91. The average Bonchev–Trinajstić information content (AvgIpc) is 3.38. The number of hydrogen-bond donors (Lipinski definition) is 1. The predicted molar refractivity (Wildman–Crippen MR) is 119 cm³/mol. The monoisotopic (exact) mass is 419 g/mol. The smallest absolute Gasteiger partial charge is 0.267 e. The Hall–Kier alpha value is -2.93. The minimum absolute atomic E-state index is 0.0398. The first-order chi connectivity index (χ1) is 15.1. The van der Waals surface area contributed by atoms with Crippen LogP contribution in [0.5, 0.6) is 5.75 Å². The van der Waals surface area contributed by atoms with Gasteiger partial charge in [-0.2, -0.15) is 5.10 Å². The van der Waals surface area contributed by atoms with Gasteiger partial charge in [-0.1, -0.05) is 12.1 Å². The van der Waals surface area contributed by atoms with Crippen LogP contribution in [0.1, 0.15) is 54.2 Å². The van der Waals surface area contributed by atoms with Crippen molar-refractivity contribution in [2.45, 2.75) is 64.6 Å². The number of ether oxygens (including phenoxy) is 1. The second-order valence-electron chi connectivity index (χ2n) is 8.74. The Morgan fingerprint density at radius 1 is 1.06 bits per heavy atom. The number of nitrogens with zero attached hydrogens (tertiary/aromatic N) is 4. The summed E-state index contributed by atoms with van der Waals surface area (Å²) >= 11 is 0. The van der Waals surface area contributed by atoms with E-state index in [1.54, 1.807) is 21.5 Å². The van der Waals surface area contributed by atoms with E-state index in [4.69, 9.17) is 4.74 Å². The van der Waals surface area contributed by atoms with Crippen molar-refractivity contribution >= 4 is 0 Å². The van der Waals surface area contributed by atoms with Gasteiger partial charge in [0.2, 0.25) is 0 Å². The third-order valence-electron chi connectivity index (χ3n) is 6.43. The predicted octanol–water partition coefficient (Wildman–Crippen LogP) is 3.25. The van der Waals surface area contributed by atoms with Gasteiger partial charge in [-0.3, -0.25) is 4.79 Å². The largest absolute Gasteiger partial charge is 0.493 e. The van der Waals surface area contributed by atoms with Crippen LogP contribution < -0.4 is 15.6 Å². The van der Waals surface area contributed by atoms with Crippen LogP contribution in [0.4, 0.5) is 0 Å². The van der Waals surface area contributed by atoms with Crippen molar-refractivity contribution < 1.29 is 4.74 Å². The number of aryl methyl sites for hydroxylation is 2. The standard InChI is InChI=1S/C24H29N5O2/c1-16-13-17(2)28(26-16)23-9-10-24(30)29(27-23)21-6-4-20(5-7-21)25-15-18-3-8-22-19(14-18)11-12-31-22/h3,8-10,13-14,20-21,25H,4-7,11-12,15H2,1-2H3. The number of rotatable bonds is 5. The molecule has 3 heterocycles. The molecule has 1 aromatic carbocycles. The molecule has 1 N–H and O–H groups in total. The van der Waals surface area contributed by atoms with Crippen molar-refractivity contribution in [1.29, 1.82) is 0 Å². The van der Waals surface area contributed by atoms with Gasteiger partial charge < -0.3 is 10.1 Å². The maximum atomic E-state index is 12.5. The molecule has 0 amide bonds. The number of hydrogen-bond acceptors (Lipinski definition) is 5. The highest BCUT2D eigenvalue weighted by Gasteiger charge is 2.24. The summed E-state index contributed by atoms with van der Waals surface area (Å²) in [4.78, 5) is 12.5. The van der Waals surface area contributed by atoms with Gasteiger partial charge >= 0.3 is 0 Å². The third-order valence-corrected chi connectivity index (χ3v) is 6.43. The number of benzene rings is 1. The topological polar surface area (TPSA) is 74.0 Å². The second-order valence-corrected chi connectivity index (χ2v) is 8.74. The minimum atomic E-state index is -0.0398. The van der Waals surface area contributed by atoms with Crippen LogP contribution in [0.3, 0.4) is 0 Å². The highest BCUT2D eigenvalue weighted by molar-refractivity contribution is 5.39. The second kappa shape index (κ2) is 8.30. The van der Waals surface area contributed by atoms with Crippen molar-refractivity contribution in [2.75, 3.05) is 6.61 Å². The van der Waals surface area contributed by atoms with E-state index in [1.807, 2.05) is 19.9 Å². The number of fused-ring (bicyclic) bond motifs is 1. The normalized spacial score (nSPS) is 20.5. The van der Waals surface area contributed by atoms with Crippen LogP contribution >= 0.6 is 0 Å². The molecule has 7 heteroatoms. The van der Waals surface area contributed by atoms with Crippen LogP contribution in [0.2, 0.25) is 0 Å². The first-order valence-corrected chi connectivity index (χ1v) is 11.2. The molecule has 162 valence electrons. The zero-order valence-corrected chi connectivity index (χ0v) is 18.2. The molecule has 0 spiro atoms. The van der Waals surface area contributed by atoms with Gasteiger partial charge in [0.15, 0.2) is 5.82 Å². The van der Waals surface area contributed by atoms with E-state index in [2.05, 4.69) is 33.7 Å². The molecule has 3 aromatic rings. The maximum absolute atomic E-state index is 12.5. The van der Waals surface area contributed by atoms with Crippen molar-refractivity contribution in [3.05, 3.63) is 69.3 Å². The highest BCUT2D eigenvalue weighted by atomic mass is 16.5. The summed E-state index contributed by atoms with van der Waals surface area (Å²) in [6, 6.07) is 12.5. The van der Waals surface area contributed by atoms with E-state index in [9.17, 15) is 4.79 Å². The van der Waals surface area contributed by atoms with E-state index >= 15 is 0 Å². The van der Waals surface area contributed by atoms with Crippen molar-refractivity contribution in [2.24, 2.45) is 0 Å². The van der Waals surface area contributed by atoms with Crippen LogP contribution in [0.25, 0.3) is 5.82 Å². The quantitative estimate of drug-likeness (QED) is 0.687. The summed E-state index contributed by atoms with van der Waals surface area (Å²) in [7, 11) is 0. The summed E-state index contributed by atoms with van der Waals surface area (Å²) < 4.78 is 9.07. The molecule has 1 fully saturated rings. The fourth-order valence-electron chi connectivity index (χ4n) is 4.79. The van der Waals surface area contributed by atoms with E-state index in [-0.39, 0.29) is 11.6 Å². The van der Waals surface area contributed by atoms with Gasteiger partial charge in [-0.05, 0) is 68.9 Å². The lowest BCUT2D eigenvalue weighted by Crippen LogP contribution is -2.36. The molecule has 2 aromatic heterocycles. The SMILES string of the molecule is Cc1cc(C)n(-c2ccc(=O)n(C3CCC(NCc4ccc5c(c4)CCO5)CC3)n2)n1. The zero-order chi connectivity index (χ0) is 21.4. The average molecular weight is 420 g/mol. The van der Waals surface area contributed by atoms with Crippen LogP contribution in [-0.2, 0) is 13.0 Å². The molecule has 0 unspecified atom stereocenters. The van der Waals surface area contributed by atoms with E-state index < -0.39 is 0 Å². The van der Waals surface area contributed by atoms with Crippen LogP contribution in [0.15, 0.2) is 41.2 Å². The zero-order valence-electron chi connectivity index (χ0n) is 18.2. The molecule has 0 atom stereocenters. The molecule has 31 heavy (non-hydrogen) atoms. The Balaban J connectivity index is 1.22.